The maximum absolute atomic E-state index is 10.7. The van der Waals surface area contributed by atoms with Crippen LogP contribution < -0.4 is 0 Å². The van der Waals surface area contributed by atoms with Crippen molar-refractivity contribution in [3.05, 3.63) is 52.3 Å². The molecule has 0 spiro atoms. The third-order valence-electron chi connectivity index (χ3n) is 2.08. The molecule has 3 nitrogen and oxygen atoms in total. The molecule has 0 radical (unpaired) electrons. The van der Waals surface area contributed by atoms with E-state index in [1.807, 2.05) is 0 Å². The van der Waals surface area contributed by atoms with Crippen LogP contribution in [-0.4, -0.2) is 16.1 Å². The highest BCUT2D eigenvalue weighted by Gasteiger charge is 2.07. The lowest BCUT2D eigenvalue weighted by Gasteiger charge is -2.04. The lowest BCUT2D eigenvalue weighted by molar-refractivity contribution is 0.0690. The van der Waals surface area contributed by atoms with Gasteiger partial charge in [-0.05, 0) is 30.3 Å². The van der Waals surface area contributed by atoms with Gasteiger partial charge in [0.05, 0.1) is 5.02 Å². The van der Waals surface area contributed by atoms with Crippen LogP contribution in [0.25, 0.3) is 0 Å². The van der Waals surface area contributed by atoms with Crippen LogP contribution in [-0.2, 0) is 0 Å². The zero-order valence-electron chi connectivity index (χ0n) is 8.93. The van der Waals surface area contributed by atoms with Gasteiger partial charge in [0, 0.05) is 21.0 Å². The Kier molecular flexibility index (Phi) is 4.11. The highest BCUT2D eigenvalue weighted by atomic mass is 35.5. The molecule has 0 atom stereocenters. The molecule has 1 N–H and O–H groups in total. The number of aromatic nitrogens is 1. The fraction of sp³-hybridized carbons (Fsp3) is 0. The van der Waals surface area contributed by atoms with Gasteiger partial charge in [-0.2, -0.15) is 0 Å². The molecule has 18 heavy (non-hydrogen) atoms. The lowest BCUT2D eigenvalue weighted by Crippen LogP contribution is -1.98. The Balaban J connectivity index is 2.23. The number of carbonyl (C=O) groups is 1. The highest BCUT2D eigenvalue weighted by Crippen LogP contribution is 2.34. The number of hydrogen-bond acceptors (Lipinski definition) is 3. The molecular formula is C12H7Cl2NO2S. The zero-order chi connectivity index (χ0) is 13.1. The summed E-state index contributed by atoms with van der Waals surface area (Å²) in [5.74, 6) is -1.05. The Morgan fingerprint density at radius 3 is 2.61 bits per heavy atom. The second-order valence-electron chi connectivity index (χ2n) is 3.36. The van der Waals surface area contributed by atoms with E-state index in [0.717, 1.165) is 9.79 Å². The number of pyridine rings is 1. The van der Waals surface area contributed by atoms with Gasteiger partial charge in [0.1, 0.15) is 5.69 Å². The summed E-state index contributed by atoms with van der Waals surface area (Å²) in [5, 5.41) is 9.92. The number of halogens is 2. The van der Waals surface area contributed by atoms with Gasteiger partial charge in [-0.15, -0.1) is 0 Å². The third-order valence-corrected chi connectivity index (χ3v) is 3.79. The molecule has 6 heteroatoms. The van der Waals surface area contributed by atoms with Crippen molar-refractivity contribution in [3.8, 4) is 0 Å². The Labute approximate surface area is 118 Å². The number of benzene rings is 1. The predicted molar refractivity (Wildman–Crippen MR) is 71.8 cm³/mol. The number of carboxylic acids is 1. The van der Waals surface area contributed by atoms with E-state index >= 15 is 0 Å². The minimum atomic E-state index is -1.05. The topological polar surface area (TPSA) is 50.2 Å². The first kappa shape index (κ1) is 13.2. The average molecular weight is 300 g/mol. The van der Waals surface area contributed by atoms with Gasteiger partial charge in [-0.25, -0.2) is 9.78 Å². The smallest absolute Gasteiger partial charge is 0.354 e. The Bertz CT molecular complexity index is 587. The van der Waals surface area contributed by atoms with Gasteiger partial charge in [-0.3, -0.25) is 0 Å². The van der Waals surface area contributed by atoms with Gasteiger partial charge in [0.2, 0.25) is 0 Å². The van der Waals surface area contributed by atoms with E-state index in [1.54, 1.807) is 24.3 Å². The number of carboxylic acid groups (broad SMARTS) is 1. The fourth-order valence-corrected chi connectivity index (χ4v) is 2.57. The van der Waals surface area contributed by atoms with E-state index in [2.05, 4.69) is 4.98 Å². The number of aromatic carboxylic acids is 1. The Morgan fingerprint density at radius 2 is 2.00 bits per heavy atom. The summed E-state index contributed by atoms with van der Waals surface area (Å²) in [6, 6.07) is 8.30. The van der Waals surface area contributed by atoms with E-state index < -0.39 is 5.97 Å². The van der Waals surface area contributed by atoms with Crippen molar-refractivity contribution in [2.45, 2.75) is 9.79 Å². The van der Waals surface area contributed by atoms with E-state index in [1.165, 1.54) is 24.0 Å². The molecule has 0 aliphatic rings. The molecule has 2 rings (SSSR count). The van der Waals surface area contributed by atoms with Crippen LogP contribution in [0.3, 0.4) is 0 Å². The van der Waals surface area contributed by atoms with Crippen LogP contribution in [0.4, 0.5) is 0 Å². The second-order valence-corrected chi connectivity index (χ2v) is 5.32. The van der Waals surface area contributed by atoms with Gasteiger partial charge in [0.15, 0.2) is 0 Å². The Morgan fingerprint density at radius 1 is 1.22 bits per heavy atom. The molecule has 0 fully saturated rings. The van der Waals surface area contributed by atoms with E-state index in [0.29, 0.717) is 10.0 Å². The van der Waals surface area contributed by atoms with Crippen LogP contribution in [0.1, 0.15) is 10.5 Å². The molecular weight excluding hydrogens is 293 g/mol. The summed E-state index contributed by atoms with van der Waals surface area (Å²) in [7, 11) is 0. The summed E-state index contributed by atoms with van der Waals surface area (Å²) in [6.45, 7) is 0. The van der Waals surface area contributed by atoms with Gasteiger partial charge in [-0.1, -0.05) is 35.0 Å². The van der Waals surface area contributed by atoms with E-state index in [4.69, 9.17) is 28.3 Å². The summed E-state index contributed by atoms with van der Waals surface area (Å²) in [6.07, 6.45) is 1.49. The van der Waals surface area contributed by atoms with Crippen LogP contribution in [0.5, 0.6) is 0 Å². The molecule has 0 aliphatic carbocycles. The van der Waals surface area contributed by atoms with Crippen LogP contribution >= 0.6 is 35.0 Å². The number of nitrogens with zero attached hydrogens (tertiary/aromatic N) is 1. The van der Waals surface area contributed by atoms with Gasteiger partial charge < -0.3 is 5.11 Å². The average Bonchev–Trinajstić information content (AvgIpc) is 2.34. The molecule has 1 heterocycles. The van der Waals surface area contributed by atoms with Crippen molar-refractivity contribution < 1.29 is 9.90 Å². The lowest BCUT2D eigenvalue weighted by atomic mass is 10.3. The van der Waals surface area contributed by atoms with Crippen molar-refractivity contribution in [2.24, 2.45) is 0 Å². The quantitative estimate of drug-likeness (QED) is 0.921. The van der Waals surface area contributed by atoms with Gasteiger partial charge in [0.25, 0.3) is 0 Å². The molecule has 92 valence electrons. The number of rotatable bonds is 3. The van der Waals surface area contributed by atoms with Crippen molar-refractivity contribution in [1.29, 1.82) is 0 Å². The molecule has 0 aliphatic heterocycles. The molecule has 0 amide bonds. The fourth-order valence-electron chi connectivity index (χ4n) is 1.25. The van der Waals surface area contributed by atoms with Gasteiger partial charge >= 0.3 is 5.97 Å². The predicted octanol–water partition coefficient (Wildman–Crippen LogP) is 4.24. The van der Waals surface area contributed by atoms with E-state index in [-0.39, 0.29) is 5.69 Å². The van der Waals surface area contributed by atoms with Crippen LogP contribution in [0.2, 0.25) is 10.0 Å². The minimum absolute atomic E-state index is 0.0107. The molecule has 1 aromatic heterocycles. The normalized spacial score (nSPS) is 10.3. The van der Waals surface area contributed by atoms with Crippen LogP contribution in [0.15, 0.2) is 46.3 Å². The molecule has 0 saturated heterocycles. The first-order valence-corrected chi connectivity index (χ1v) is 6.46. The first-order chi connectivity index (χ1) is 8.56. The Hall–Kier alpha value is -1.23. The molecule has 0 bridgehead atoms. The summed E-state index contributed by atoms with van der Waals surface area (Å²) in [5.41, 5.74) is 0.0107. The second kappa shape index (κ2) is 5.61. The zero-order valence-corrected chi connectivity index (χ0v) is 11.3. The SMILES string of the molecule is O=C(O)c1ccc(Sc2cc(Cl)ccc2Cl)cn1. The van der Waals surface area contributed by atoms with Crippen molar-refractivity contribution in [2.75, 3.05) is 0 Å². The maximum Gasteiger partial charge on any atom is 0.354 e. The number of hydrogen-bond donors (Lipinski definition) is 1. The highest BCUT2D eigenvalue weighted by molar-refractivity contribution is 7.99. The van der Waals surface area contributed by atoms with Crippen molar-refractivity contribution in [1.82, 2.24) is 4.98 Å². The van der Waals surface area contributed by atoms with Crippen LogP contribution in [0, 0.1) is 0 Å². The molecule has 1 aromatic carbocycles. The maximum atomic E-state index is 10.7. The molecule has 0 saturated carbocycles. The van der Waals surface area contributed by atoms with Crippen molar-refractivity contribution >= 4 is 40.9 Å². The van der Waals surface area contributed by atoms with Crippen molar-refractivity contribution in [3.63, 3.8) is 0 Å². The summed E-state index contributed by atoms with van der Waals surface area (Å²) >= 11 is 13.3. The summed E-state index contributed by atoms with van der Waals surface area (Å²) < 4.78 is 0. The minimum Gasteiger partial charge on any atom is -0.477 e. The molecule has 2 aromatic rings. The third kappa shape index (κ3) is 3.16. The first-order valence-electron chi connectivity index (χ1n) is 4.88. The molecule has 0 unspecified atom stereocenters. The summed E-state index contributed by atoms with van der Waals surface area (Å²) in [4.78, 5) is 16.1. The standard InChI is InChI=1S/C12H7Cl2NO2S/c13-7-1-3-9(14)11(5-7)18-8-2-4-10(12(16)17)15-6-8/h1-6H,(H,16,17). The van der Waals surface area contributed by atoms with E-state index in [9.17, 15) is 4.79 Å². The monoisotopic (exact) mass is 299 g/mol. The largest absolute Gasteiger partial charge is 0.477 e.